The predicted octanol–water partition coefficient (Wildman–Crippen LogP) is -0.217. The van der Waals surface area contributed by atoms with Crippen molar-refractivity contribution in [1.82, 2.24) is 5.32 Å². The number of hydrogen-bond donors (Lipinski definition) is 1. The number of hydrogen-bond acceptors (Lipinski definition) is 3. The lowest BCUT2D eigenvalue weighted by molar-refractivity contribution is -0.134. The molecule has 1 aliphatic rings. The molecule has 0 spiro atoms. The Morgan fingerprint density at radius 2 is 2.31 bits per heavy atom. The van der Waals surface area contributed by atoms with E-state index in [9.17, 15) is 13.6 Å². The summed E-state index contributed by atoms with van der Waals surface area (Å²) < 4.78 is 33.5. The van der Waals surface area contributed by atoms with Crippen LogP contribution in [-0.4, -0.2) is 44.8 Å². The number of carbonyl (C=O) groups excluding carboxylic acids is 1. The standard InChI is InChI=1S/C7H11F2NO3/c8-6(9)7(11)10-3-5-4-12-1-2-13-5/h5-6H,1-4H2,(H,10,11). The molecule has 0 aliphatic carbocycles. The first-order valence-electron chi connectivity index (χ1n) is 3.95. The largest absolute Gasteiger partial charge is 0.376 e. The van der Waals surface area contributed by atoms with Crippen LogP contribution in [0, 0.1) is 0 Å². The van der Waals surface area contributed by atoms with Crippen LogP contribution >= 0.6 is 0 Å². The maximum atomic E-state index is 11.7. The zero-order valence-corrected chi connectivity index (χ0v) is 6.96. The Balaban J connectivity index is 2.13. The summed E-state index contributed by atoms with van der Waals surface area (Å²) in [6.45, 7) is 1.36. The second-order valence-corrected chi connectivity index (χ2v) is 2.61. The van der Waals surface area contributed by atoms with Crippen molar-refractivity contribution < 1.29 is 23.0 Å². The summed E-state index contributed by atoms with van der Waals surface area (Å²) in [5.41, 5.74) is 0. The molecule has 1 amide bonds. The number of halogens is 2. The molecule has 1 unspecified atom stereocenters. The summed E-state index contributed by atoms with van der Waals surface area (Å²) in [5, 5.41) is 2.06. The molecule has 0 aromatic heterocycles. The van der Waals surface area contributed by atoms with E-state index >= 15 is 0 Å². The van der Waals surface area contributed by atoms with E-state index in [1.165, 1.54) is 0 Å². The second-order valence-electron chi connectivity index (χ2n) is 2.61. The van der Waals surface area contributed by atoms with Gasteiger partial charge >= 0.3 is 6.43 Å². The minimum absolute atomic E-state index is 0.0726. The number of nitrogens with one attached hydrogen (secondary N) is 1. The van der Waals surface area contributed by atoms with Crippen molar-refractivity contribution in [3.8, 4) is 0 Å². The molecule has 1 heterocycles. The third-order valence-corrected chi connectivity index (χ3v) is 1.59. The van der Waals surface area contributed by atoms with Crippen LogP contribution in [0.25, 0.3) is 0 Å². The highest BCUT2D eigenvalue weighted by Gasteiger charge is 2.19. The molecule has 1 saturated heterocycles. The van der Waals surface area contributed by atoms with Gasteiger partial charge in [0.2, 0.25) is 0 Å². The summed E-state index contributed by atoms with van der Waals surface area (Å²) >= 11 is 0. The lowest BCUT2D eigenvalue weighted by atomic mass is 10.3. The van der Waals surface area contributed by atoms with Crippen LogP contribution in [0.1, 0.15) is 0 Å². The second kappa shape index (κ2) is 5.08. The molecule has 1 fully saturated rings. The molecule has 76 valence electrons. The Kier molecular flexibility index (Phi) is 4.04. The number of rotatable bonds is 3. The maximum absolute atomic E-state index is 11.7. The van der Waals surface area contributed by atoms with E-state index in [-0.39, 0.29) is 12.6 Å². The Bertz CT molecular complexity index is 171. The minimum Gasteiger partial charge on any atom is -0.376 e. The van der Waals surface area contributed by atoms with Gasteiger partial charge in [-0.25, -0.2) is 0 Å². The van der Waals surface area contributed by atoms with Gasteiger partial charge in [0.05, 0.1) is 25.9 Å². The first-order valence-corrected chi connectivity index (χ1v) is 3.95. The van der Waals surface area contributed by atoms with Gasteiger partial charge in [-0.15, -0.1) is 0 Å². The van der Waals surface area contributed by atoms with Crippen LogP contribution < -0.4 is 5.32 Å². The van der Waals surface area contributed by atoms with Crippen molar-refractivity contribution in [2.75, 3.05) is 26.4 Å². The highest BCUT2D eigenvalue weighted by Crippen LogP contribution is 1.99. The fraction of sp³-hybridized carbons (Fsp3) is 0.857. The molecular formula is C7H11F2NO3. The first kappa shape index (κ1) is 10.3. The number of alkyl halides is 2. The van der Waals surface area contributed by atoms with Gasteiger partial charge in [0.15, 0.2) is 0 Å². The normalized spacial score (nSPS) is 23.2. The summed E-state index contributed by atoms with van der Waals surface area (Å²) in [6, 6.07) is 0. The zero-order chi connectivity index (χ0) is 9.68. The van der Waals surface area contributed by atoms with Crippen molar-refractivity contribution in [2.45, 2.75) is 12.5 Å². The molecule has 13 heavy (non-hydrogen) atoms. The average molecular weight is 195 g/mol. The van der Waals surface area contributed by atoms with Crippen LogP contribution in [0.2, 0.25) is 0 Å². The number of amides is 1. The van der Waals surface area contributed by atoms with Gasteiger partial charge in [-0.1, -0.05) is 0 Å². The monoisotopic (exact) mass is 195 g/mol. The highest BCUT2D eigenvalue weighted by atomic mass is 19.3. The van der Waals surface area contributed by atoms with E-state index in [4.69, 9.17) is 9.47 Å². The fourth-order valence-electron chi connectivity index (χ4n) is 0.946. The Morgan fingerprint density at radius 1 is 1.54 bits per heavy atom. The van der Waals surface area contributed by atoms with E-state index in [1.54, 1.807) is 0 Å². The van der Waals surface area contributed by atoms with E-state index < -0.39 is 12.3 Å². The lowest BCUT2D eigenvalue weighted by Crippen LogP contribution is -2.41. The molecular weight excluding hydrogens is 184 g/mol. The molecule has 1 aliphatic heterocycles. The SMILES string of the molecule is O=C(NCC1COCCO1)C(F)F. The van der Waals surface area contributed by atoms with Gasteiger partial charge in [0.1, 0.15) is 0 Å². The number of ether oxygens (including phenoxy) is 2. The van der Waals surface area contributed by atoms with Gasteiger partial charge in [-0.3, -0.25) is 4.79 Å². The summed E-state index contributed by atoms with van der Waals surface area (Å²) in [7, 11) is 0. The topological polar surface area (TPSA) is 47.6 Å². The molecule has 0 aromatic rings. The van der Waals surface area contributed by atoms with Crippen molar-refractivity contribution in [3.63, 3.8) is 0 Å². The highest BCUT2D eigenvalue weighted by molar-refractivity contribution is 5.79. The molecule has 6 heteroatoms. The Hall–Kier alpha value is -0.750. The molecule has 1 N–H and O–H groups in total. The molecule has 0 aromatic carbocycles. The van der Waals surface area contributed by atoms with Crippen molar-refractivity contribution in [1.29, 1.82) is 0 Å². The third-order valence-electron chi connectivity index (χ3n) is 1.59. The molecule has 0 radical (unpaired) electrons. The summed E-state index contributed by atoms with van der Waals surface area (Å²) in [5.74, 6) is -1.27. The van der Waals surface area contributed by atoms with Gasteiger partial charge in [-0.2, -0.15) is 8.78 Å². The molecule has 0 bridgehead atoms. The minimum atomic E-state index is -2.97. The zero-order valence-electron chi connectivity index (χ0n) is 6.96. The Morgan fingerprint density at radius 3 is 2.85 bits per heavy atom. The predicted molar refractivity (Wildman–Crippen MR) is 39.6 cm³/mol. The van der Waals surface area contributed by atoms with Crippen LogP contribution in [0.15, 0.2) is 0 Å². The van der Waals surface area contributed by atoms with E-state index in [0.29, 0.717) is 19.8 Å². The molecule has 4 nitrogen and oxygen atoms in total. The molecule has 1 atom stereocenters. The van der Waals surface area contributed by atoms with Gasteiger partial charge in [-0.05, 0) is 0 Å². The smallest absolute Gasteiger partial charge is 0.315 e. The van der Waals surface area contributed by atoms with E-state index in [0.717, 1.165) is 0 Å². The number of carbonyl (C=O) groups is 1. The van der Waals surface area contributed by atoms with Crippen LogP contribution in [0.5, 0.6) is 0 Å². The molecule has 0 saturated carbocycles. The lowest BCUT2D eigenvalue weighted by Gasteiger charge is -2.22. The fourth-order valence-corrected chi connectivity index (χ4v) is 0.946. The van der Waals surface area contributed by atoms with E-state index in [1.807, 2.05) is 0 Å². The van der Waals surface area contributed by atoms with Gasteiger partial charge in [0.25, 0.3) is 5.91 Å². The quantitative estimate of drug-likeness (QED) is 0.677. The van der Waals surface area contributed by atoms with E-state index in [2.05, 4.69) is 5.32 Å². The van der Waals surface area contributed by atoms with Crippen LogP contribution in [0.3, 0.4) is 0 Å². The maximum Gasteiger partial charge on any atom is 0.315 e. The van der Waals surface area contributed by atoms with Gasteiger partial charge in [0, 0.05) is 6.54 Å². The van der Waals surface area contributed by atoms with Crippen molar-refractivity contribution >= 4 is 5.91 Å². The molecule has 1 rings (SSSR count). The third kappa shape index (κ3) is 3.65. The van der Waals surface area contributed by atoms with Crippen LogP contribution in [0.4, 0.5) is 8.78 Å². The van der Waals surface area contributed by atoms with Crippen molar-refractivity contribution in [3.05, 3.63) is 0 Å². The summed E-state index contributed by atoms with van der Waals surface area (Å²) in [4.78, 5) is 10.4. The average Bonchev–Trinajstić information content (AvgIpc) is 2.15. The summed E-state index contributed by atoms with van der Waals surface area (Å²) in [6.07, 6.45) is -3.28. The first-order chi connectivity index (χ1) is 6.20. The Labute approximate surface area is 74.2 Å². The van der Waals surface area contributed by atoms with Crippen LogP contribution in [-0.2, 0) is 14.3 Å². The van der Waals surface area contributed by atoms with Gasteiger partial charge < -0.3 is 14.8 Å². The van der Waals surface area contributed by atoms with Crippen molar-refractivity contribution in [2.24, 2.45) is 0 Å².